The summed E-state index contributed by atoms with van der Waals surface area (Å²) in [5.74, 6) is -2.41. The molecule has 0 aliphatic carbocycles. The van der Waals surface area contributed by atoms with Gasteiger partial charge in [0, 0.05) is 110 Å². The smallest absolute Gasteiger partial charge is 0.466 e. The SMILES string of the molecule is CCCCN(C(=O)CCCCCCCN1C(=O)N(CCCCCCCC(=O)N(CCC[Si](OCC)(OCC)OCC)C(CC(C)=O)C(C)=O)C1=O)C(CC(=O)OCC)C(=O)OCC.CCOC(=O)CC(NCCC[Si](OCC)(OCC)OCC)C(C)=O.N#COCCCCCCN1C(=O)N(CCCCCCN=C=O)C1=O. The summed E-state index contributed by atoms with van der Waals surface area (Å²) in [6.45, 7) is 30.0. The molecular weight excluding hydrogens is 1480 g/mol. The number of ketones is 3. The molecule has 2 saturated heterocycles. The predicted octanol–water partition coefficient (Wildman–Crippen LogP) is 12.0. The quantitative estimate of drug-likeness (QED) is 0.0112. The highest BCUT2D eigenvalue weighted by Crippen LogP contribution is 2.25. The Kier molecular flexibility index (Phi) is 60.4. The highest BCUT2D eigenvalue weighted by molar-refractivity contribution is 6.61. The van der Waals surface area contributed by atoms with Crippen molar-refractivity contribution < 1.29 is 108 Å². The Bertz CT molecular complexity index is 2750. The van der Waals surface area contributed by atoms with Crippen LogP contribution < -0.4 is 5.32 Å². The molecule has 0 radical (unpaired) electrons. The molecule has 34 heteroatoms. The molecule has 0 bridgehead atoms. The van der Waals surface area contributed by atoms with Crippen molar-refractivity contribution in [2.75, 3.05) is 118 Å². The summed E-state index contributed by atoms with van der Waals surface area (Å²) in [4.78, 5) is 170. The van der Waals surface area contributed by atoms with Gasteiger partial charge in [0.25, 0.3) is 6.26 Å². The van der Waals surface area contributed by atoms with Crippen molar-refractivity contribution in [2.24, 2.45) is 4.99 Å². The number of nitriles is 1. The third kappa shape index (κ3) is 43.8. The molecule has 0 aromatic heterocycles. The van der Waals surface area contributed by atoms with Gasteiger partial charge >= 0.3 is 59.6 Å². The normalized spacial score (nSPS) is 13.4. The van der Waals surface area contributed by atoms with Crippen molar-refractivity contribution in [3.63, 3.8) is 0 Å². The number of nitrogens with one attached hydrogen (secondary N) is 1. The minimum Gasteiger partial charge on any atom is -0.466 e. The molecule has 2 fully saturated rings. The molecule has 3 unspecified atom stereocenters. The van der Waals surface area contributed by atoms with Crippen LogP contribution in [0.15, 0.2) is 4.99 Å². The molecule has 0 aromatic carbocycles. The number of unbranched alkanes of at least 4 members (excludes halogenated alkanes) is 15. The van der Waals surface area contributed by atoms with E-state index in [0.29, 0.717) is 149 Å². The lowest BCUT2D eigenvalue weighted by atomic mass is 10.0. The van der Waals surface area contributed by atoms with Crippen molar-refractivity contribution in [1.82, 2.24) is 34.7 Å². The second-order valence-electron chi connectivity index (χ2n) is 26.6. The second kappa shape index (κ2) is 64.5. The van der Waals surface area contributed by atoms with Crippen LogP contribution in [0.25, 0.3) is 0 Å². The molecular formula is C77H137N9O23Si2. The van der Waals surface area contributed by atoms with Gasteiger partial charge in [0.05, 0.1) is 51.3 Å². The van der Waals surface area contributed by atoms with Crippen molar-refractivity contribution in [3.05, 3.63) is 0 Å². The van der Waals surface area contributed by atoms with E-state index in [-0.39, 0.29) is 111 Å². The van der Waals surface area contributed by atoms with Gasteiger partial charge in [-0.2, -0.15) is 5.26 Å². The number of nitrogens with zero attached hydrogens (tertiary/aromatic N) is 8. The Morgan fingerprint density at radius 3 is 1.20 bits per heavy atom. The summed E-state index contributed by atoms with van der Waals surface area (Å²) >= 11 is 0. The number of carbonyl (C=O) groups excluding carboxylic acids is 13. The molecule has 2 aliphatic heterocycles. The zero-order chi connectivity index (χ0) is 83.3. The number of hydrogen-bond acceptors (Lipinski definition) is 26. The Morgan fingerprint density at radius 1 is 0.441 bits per heavy atom. The molecule has 2 aliphatic rings. The Balaban J connectivity index is 0.00000204. The topological polar surface area (TPSA) is 382 Å². The Hall–Kier alpha value is -6.94. The maximum absolute atomic E-state index is 13.5. The van der Waals surface area contributed by atoms with Gasteiger partial charge in [-0.05, 0) is 167 Å². The van der Waals surface area contributed by atoms with Crippen LogP contribution in [-0.4, -0.2) is 261 Å². The van der Waals surface area contributed by atoms with E-state index >= 15 is 0 Å². The van der Waals surface area contributed by atoms with Crippen LogP contribution in [0.4, 0.5) is 19.2 Å². The van der Waals surface area contributed by atoms with E-state index in [2.05, 4.69) is 15.0 Å². The Labute approximate surface area is 663 Å². The summed E-state index contributed by atoms with van der Waals surface area (Å²) < 4.78 is 54.9. The monoisotopic (exact) mass is 1610 g/mol. The minimum absolute atomic E-state index is 0.0378. The van der Waals surface area contributed by atoms with Gasteiger partial charge in [0.2, 0.25) is 17.9 Å². The number of esters is 3. The molecule has 111 heavy (non-hydrogen) atoms. The molecule has 0 spiro atoms. The van der Waals surface area contributed by atoms with Crippen LogP contribution in [0, 0.1) is 11.5 Å². The first-order chi connectivity index (χ1) is 53.3. The predicted molar refractivity (Wildman–Crippen MR) is 419 cm³/mol. The molecule has 2 rings (SSSR count). The number of imide groups is 4. The van der Waals surface area contributed by atoms with Gasteiger partial charge in [-0.15, -0.1) is 0 Å². The average Bonchev–Trinajstić information content (AvgIpc) is 0.790. The molecule has 636 valence electrons. The zero-order valence-electron chi connectivity index (χ0n) is 69.4. The number of ether oxygens (including phenoxy) is 4. The largest absolute Gasteiger partial charge is 0.500 e. The number of rotatable bonds is 68. The van der Waals surface area contributed by atoms with Crippen molar-refractivity contribution in [2.45, 2.75) is 294 Å². The van der Waals surface area contributed by atoms with Gasteiger partial charge in [-0.25, -0.2) is 53.4 Å². The number of urea groups is 4. The zero-order valence-corrected chi connectivity index (χ0v) is 71.4. The van der Waals surface area contributed by atoms with E-state index in [1.807, 2.05) is 48.5 Å². The minimum atomic E-state index is -2.95. The standard InChI is InChI=1S/C45H80N4O13Si.C16H24N4O4.C16H33NO6Si/c1-9-15-29-47(39(43(55)59-11-3)35-42(54)58-10-2)41(53)28-23-19-17-21-25-31-49-44(56)48(45(49)57)30-24-20-16-18-22-27-40(52)46(38(37(8)51)34-36(7)50)32-26-33-63(60-12-4,61-13-5)62-14-6;17-13-24-12-8-4-3-7-11-20-15(22)19(16(20)23)10-6-2-1-5-9-18-14-21;1-6-20-16(19)13-15(14(5)18)17-11-10-12-24(21-7-2,22-8-3)23-9-4/h38-39H,9-35H2,1-8H3;1-12H2;15,17H,6-13H2,1-5H3. The number of hydrogen-bond donors (Lipinski definition) is 1. The van der Waals surface area contributed by atoms with Gasteiger partial charge < -0.3 is 60.6 Å². The van der Waals surface area contributed by atoms with E-state index in [0.717, 1.165) is 103 Å². The molecule has 0 saturated carbocycles. The van der Waals surface area contributed by atoms with Crippen molar-refractivity contribution >= 4 is 94.9 Å². The van der Waals surface area contributed by atoms with Crippen LogP contribution in [-0.2, 0) is 88.7 Å². The summed E-state index contributed by atoms with van der Waals surface area (Å²) in [6, 6.07) is -2.24. The average molecular weight is 1610 g/mol. The van der Waals surface area contributed by atoms with Crippen LogP contribution in [0.3, 0.4) is 0 Å². The van der Waals surface area contributed by atoms with Crippen LogP contribution in [0.5, 0.6) is 0 Å². The maximum atomic E-state index is 13.5. The van der Waals surface area contributed by atoms with E-state index in [9.17, 15) is 62.3 Å². The summed E-state index contributed by atoms with van der Waals surface area (Å²) in [7, 11) is -5.61. The van der Waals surface area contributed by atoms with Crippen molar-refractivity contribution in [1.29, 1.82) is 5.26 Å². The Morgan fingerprint density at radius 2 is 0.820 bits per heavy atom. The lowest BCUT2D eigenvalue weighted by Crippen LogP contribution is -2.64. The van der Waals surface area contributed by atoms with Gasteiger partial charge in [-0.3, -0.25) is 33.6 Å². The molecule has 1 N–H and O–H groups in total. The third-order valence-electron chi connectivity index (χ3n) is 17.9. The lowest BCUT2D eigenvalue weighted by molar-refractivity contribution is -0.160. The second-order valence-corrected chi connectivity index (χ2v) is 32.1. The fourth-order valence-corrected chi connectivity index (χ4v) is 17.7. The van der Waals surface area contributed by atoms with Crippen LogP contribution >= 0.6 is 0 Å². The van der Waals surface area contributed by atoms with Crippen LogP contribution in [0.1, 0.15) is 263 Å². The highest BCUT2D eigenvalue weighted by Gasteiger charge is 2.45. The fourth-order valence-electron chi connectivity index (χ4n) is 12.4. The fraction of sp³-hybridized carbons (Fsp3) is 0.818. The summed E-state index contributed by atoms with van der Waals surface area (Å²) in [5, 5.41) is 11.3. The van der Waals surface area contributed by atoms with Gasteiger partial charge in [-0.1, -0.05) is 71.1 Å². The van der Waals surface area contributed by atoms with Gasteiger partial charge in [0.1, 0.15) is 24.2 Å². The van der Waals surface area contributed by atoms with Crippen LogP contribution in [0.2, 0.25) is 12.1 Å². The number of carbonyl (C=O) groups is 12. The third-order valence-corrected chi connectivity index (χ3v) is 24.2. The molecule has 10 amide bonds. The molecule has 0 aromatic rings. The summed E-state index contributed by atoms with van der Waals surface area (Å²) in [5.41, 5.74) is 0. The van der Waals surface area contributed by atoms with E-state index < -0.39 is 47.7 Å². The molecule has 2 heterocycles. The number of amides is 10. The lowest BCUT2D eigenvalue weighted by Gasteiger charge is -2.39. The van der Waals surface area contributed by atoms with E-state index in [1.54, 1.807) is 27.0 Å². The molecule has 32 nitrogen and oxygen atoms in total. The van der Waals surface area contributed by atoms with E-state index in [1.165, 1.54) is 56.3 Å². The van der Waals surface area contributed by atoms with Gasteiger partial charge in [0.15, 0.2) is 5.78 Å². The first-order valence-corrected chi connectivity index (χ1v) is 44.6. The maximum Gasteiger partial charge on any atom is 0.500 e. The van der Waals surface area contributed by atoms with Crippen molar-refractivity contribution in [3.8, 4) is 6.26 Å². The molecule has 3 atom stereocenters. The summed E-state index contributed by atoms with van der Waals surface area (Å²) in [6.07, 6.45) is 20.1. The van der Waals surface area contributed by atoms with E-state index in [4.69, 9.17) is 46.0 Å². The first kappa shape index (κ1) is 104. The highest BCUT2D eigenvalue weighted by atomic mass is 28.4. The first-order valence-electron chi connectivity index (χ1n) is 40.8. The number of isocyanates is 1. The number of Topliss-reactive ketones (excluding diaryl/α,β-unsaturated/α-hetero) is 3. The number of aliphatic imine (C=N–C) groups is 1.